The average molecular weight is 239 g/mol. The van der Waals surface area contributed by atoms with Crippen molar-refractivity contribution in [3.63, 3.8) is 0 Å². The van der Waals surface area contributed by atoms with E-state index in [4.69, 9.17) is 17.3 Å². The lowest BCUT2D eigenvalue weighted by molar-refractivity contribution is 0.0791. The minimum absolute atomic E-state index is 0.0264. The number of hydrogen-bond acceptors (Lipinski definition) is 2. The first-order chi connectivity index (χ1) is 7.56. The summed E-state index contributed by atoms with van der Waals surface area (Å²) in [5.74, 6) is 0.0264. The van der Waals surface area contributed by atoms with Crippen LogP contribution in [0.3, 0.4) is 0 Å². The molecular formula is C12H15ClN2O. The second kappa shape index (κ2) is 4.44. The molecule has 1 aromatic rings. The summed E-state index contributed by atoms with van der Waals surface area (Å²) < 4.78 is 0. The molecule has 0 radical (unpaired) electrons. The topological polar surface area (TPSA) is 46.3 Å². The van der Waals surface area contributed by atoms with E-state index in [-0.39, 0.29) is 11.9 Å². The summed E-state index contributed by atoms with van der Waals surface area (Å²) in [6, 6.07) is 5.52. The van der Waals surface area contributed by atoms with Crippen LogP contribution in [0.1, 0.15) is 22.3 Å². The first-order valence-corrected chi connectivity index (χ1v) is 5.76. The summed E-state index contributed by atoms with van der Waals surface area (Å²) in [5.41, 5.74) is 7.43. The molecule has 1 heterocycles. The number of nitrogens with zero attached hydrogens (tertiary/aromatic N) is 1. The Morgan fingerprint density at radius 2 is 2.25 bits per heavy atom. The van der Waals surface area contributed by atoms with E-state index in [1.54, 1.807) is 11.0 Å². The van der Waals surface area contributed by atoms with Crippen molar-refractivity contribution in [1.82, 2.24) is 4.90 Å². The molecule has 0 aliphatic carbocycles. The van der Waals surface area contributed by atoms with Crippen LogP contribution in [0.15, 0.2) is 18.2 Å². The Balaban J connectivity index is 2.20. The van der Waals surface area contributed by atoms with Crippen LogP contribution in [0, 0.1) is 6.92 Å². The van der Waals surface area contributed by atoms with Crippen molar-refractivity contribution in [2.75, 3.05) is 13.1 Å². The maximum absolute atomic E-state index is 12.1. The van der Waals surface area contributed by atoms with Crippen molar-refractivity contribution in [2.24, 2.45) is 5.73 Å². The monoisotopic (exact) mass is 238 g/mol. The van der Waals surface area contributed by atoms with Gasteiger partial charge >= 0.3 is 0 Å². The Labute approximate surface area is 100 Å². The van der Waals surface area contributed by atoms with Crippen molar-refractivity contribution < 1.29 is 4.79 Å². The molecule has 1 aliphatic heterocycles. The molecule has 0 aromatic heterocycles. The van der Waals surface area contributed by atoms with E-state index in [2.05, 4.69) is 0 Å². The van der Waals surface area contributed by atoms with Crippen LogP contribution in [0.5, 0.6) is 0 Å². The summed E-state index contributed by atoms with van der Waals surface area (Å²) in [6.07, 6.45) is 0.880. The van der Waals surface area contributed by atoms with Gasteiger partial charge in [-0.1, -0.05) is 11.6 Å². The summed E-state index contributed by atoms with van der Waals surface area (Å²) in [4.78, 5) is 13.9. The largest absolute Gasteiger partial charge is 0.337 e. The molecule has 1 saturated heterocycles. The van der Waals surface area contributed by atoms with Crippen molar-refractivity contribution in [2.45, 2.75) is 19.4 Å². The first kappa shape index (κ1) is 11.4. The number of aryl methyl sites for hydroxylation is 1. The van der Waals surface area contributed by atoms with Gasteiger partial charge in [-0.05, 0) is 37.1 Å². The lowest BCUT2D eigenvalue weighted by Crippen LogP contribution is -2.31. The molecule has 0 saturated carbocycles. The third-order valence-corrected chi connectivity index (χ3v) is 3.02. The number of hydrogen-bond donors (Lipinski definition) is 1. The molecule has 1 atom stereocenters. The zero-order chi connectivity index (χ0) is 11.7. The van der Waals surface area contributed by atoms with Crippen LogP contribution in [-0.2, 0) is 0 Å². The third kappa shape index (κ3) is 2.36. The minimum atomic E-state index is 0.0264. The Morgan fingerprint density at radius 1 is 1.50 bits per heavy atom. The highest BCUT2D eigenvalue weighted by Crippen LogP contribution is 2.18. The van der Waals surface area contributed by atoms with E-state index < -0.39 is 0 Å². The summed E-state index contributed by atoms with van der Waals surface area (Å²) in [6.45, 7) is 3.31. The zero-order valence-electron chi connectivity index (χ0n) is 9.24. The number of amides is 1. The third-order valence-electron chi connectivity index (χ3n) is 2.80. The number of benzene rings is 1. The fourth-order valence-corrected chi connectivity index (χ4v) is 2.30. The molecule has 0 spiro atoms. The van der Waals surface area contributed by atoms with E-state index in [1.807, 2.05) is 19.1 Å². The lowest BCUT2D eigenvalue weighted by Gasteiger charge is -2.16. The quantitative estimate of drug-likeness (QED) is 0.811. The number of likely N-dealkylation sites (tertiary alicyclic amines) is 1. The Hall–Kier alpha value is -1.06. The molecule has 3 nitrogen and oxygen atoms in total. The van der Waals surface area contributed by atoms with E-state index >= 15 is 0 Å². The van der Waals surface area contributed by atoms with Crippen molar-refractivity contribution in [1.29, 1.82) is 0 Å². The highest BCUT2D eigenvalue weighted by atomic mass is 35.5. The lowest BCUT2D eigenvalue weighted by atomic mass is 10.1. The van der Waals surface area contributed by atoms with E-state index in [9.17, 15) is 4.79 Å². The molecule has 0 unspecified atom stereocenters. The van der Waals surface area contributed by atoms with E-state index in [0.29, 0.717) is 17.1 Å². The molecule has 2 rings (SSSR count). The van der Waals surface area contributed by atoms with Crippen LogP contribution < -0.4 is 5.73 Å². The van der Waals surface area contributed by atoms with Crippen LogP contribution in [0.4, 0.5) is 0 Å². The fourth-order valence-electron chi connectivity index (χ4n) is 2.01. The molecular weight excluding hydrogens is 224 g/mol. The number of carbonyl (C=O) groups is 1. The normalized spacial score (nSPS) is 20.2. The van der Waals surface area contributed by atoms with Crippen molar-refractivity contribution in [3.05, 3.63) is 34.3 Å². The first-order valence-electron chi connectivity index (χ1n) is 5.38. The number of nitrogens with two attached hydrogens (primary N) is 1. The van der Waals surface area contributed by atoms with Gasteiger partial charge in [0.15, 0.2) is 0 Å². The van der Waals surface area contributed by atoms with Crippen LogP contribution >= 0.6 is 11.6 Å². The van der Waals surface area contributed by atoms with Gasteiger partial charge in [-0.25, -0.2) is 0 Å². The van der Waals surface area contributed by atoms with Crippen molar-refractivity contribution in [3.8, 4) is 0 Å². The summed E-state index contributed by atoms with van der Waals surface area (Å²) in [7, 11) is 0. The molecule has 1 fully saturated rings. The zero-order valence-corrected chi connectivity index (χ0v) is 10.00. The van der Waals surface area contributed by atoms with E-state index in [0.717, 1.165) is 18.5 Å². The van der Waals surface area contributed by atoms with Gasteiger partial charge in [0.05, 0.1) is 0 Å². The van der Waals surface area contributed by atoms with Crippen LogP contribution in [-0.4, -0.2) is 29.9 Å². The molecule has 0 bridgehead atoms. The summed E-state index contributed by atoms with van der Waals surface area (Å²) >= 11 is 5.93. The average Bonchev–Trinajstić information content (AvgIpc) is 2.62. The molecule has 1 aliphatic rings. The Bertz CT molecular complexity index is 399. The molecule has 2 N–H and O–H groups in total. The van der Waals surface area contributed by atoms with Crippen LogP contribution in [0.2, 0.25) is 5.02 Å². The molecule has 1 aromatic carbocycles. The highest BCUT2D eigenvalue weighted by molar-refractivity contribution is 6.31. The van der Waals surface area contributed by atoms with Gasteiger partial charge in [0.2, 0.25) is 0 Å². The van der Waals surface area contributed by atoms with Gasteiger partial charge in [0.1, 0.15) is 0 Å². The second-order valence-electron chi connectivity index (χ2n) is 4.32. The minimum Gasteiger partial charge on any atom is -0.337 e. The molecule has 16 heavy (non-hydrogen) atoms. The van der Waals surface area contributed by atoms with Crippen molar-refractivity contribution >= 4 is 17.5 Å². The number of halogens is 1. The van der Waals surface area contributed by atoms with Gasteiger partial charge in [-0.15, -0.1) is 0 Å². The SMILES string of the molecule is Cc1cc(Cl)cc(C(=O)N2CC[C@H](N)C2)c1. The van der Waals surface area contributed by atoms with E-state index in [1.165, 1.54) is 0 Å². The standard InChI is InChI=1S/C12H15ClN2O/c1-8-4-9(6-10(13)5-8)12(16)15-3-2-11(14)7-15/h4-6,11H,2-3,7,14H2,1H3/t11-/m0/s1. The molecule has 4 heteroatoms. The summed E-state index contributed by atoms with van der Waals surface area (Å²) in [5, 5.41) is 0.604. The fraction of sp³-hybridized carbons (Fsp3) is 0.417. The van der Waals surface area contributed by atoms with Gasteiger partial charge in [-0.2, -0.15) is 0 Å². The number of rotatable bonds is 1. The predicted molar refractivity (Wildman–Crippen MR) is 64.7 cm³/mol. The Kier molecular flexibility index (Phi) is 3.17. The van der Waals surface area contributed by atoms with Crippen LogP contribution in [0.25, 0.3) is 0 Å². The van der Waals surface area contributed by atoms with Gasteiger partial charge in [0.25, 0.3) is 5.91 Å². The smallest absolute Gasteiger partial charge is 0.253 e. The van der Waals surface area contributed by atoms with Gasteiger partial charge < -0.3 is 10.6 Å². The maximum Gasteiger partial charge on any atom is 0.253 e. The molecule has 1 amide bonds. The van der Waals surface area contributed by atoms with Gasteiger partial charge in [0, 0.05) is 29.7 Å². The highest BCUT2D eigenvalue weighted by Gasteiger charge is 2.24. The number of carbonyl (C=O) groups excluding carboxylic acids is 1. The maximum atomic E-state index is 12.1. The molecule has 86 valence electrons. The predicted octanol–water partition coefficient (Wildman–Crippen LogP) is 1.82. The van der Waals surface area contributed by atoms with Gasteiger partial charge in [-0.3, -0.25) is 4.79 Å². The second-order valence-corrected chi connectivity index (χ2v) is 4.75. The Morgan fingerprint density at radius 3 is 2.81 bits per heavy atom.